The Balaban J connectivity index is 0.000000534. The topological polar surface area (TPSA) is 72.2 Å². The highest BCUT2D eigenvalue weighted by Gasteiger charge is 2.45. The molecule has 0 heterocycles. The number of anilines is 2. The van der Waals surface area contributed by atoms with Crippen molar-refractivity contribution < 1.29 is 21.6 Å². The van der Waals surface area contributed by atoms with Crippen LogP contribution in [0, 0.1) is 0 Å². The van der Waals surface area contributed by atoms with E-state index in [0.717, 1.165) is 18.9 Å². The van der Waals surface area contributed by atoms with Crippen molar-refractivity contribution in [2.24, 2.45) is 0 Å². The number of benzene rings is 1. The molecule has 0 unspecified atom stereocenters. The van der Waals surface area contributed by atoms with Crippen LogP contribution in [0.3, 0.4) is 0 Å². The first-order chi connectivity index (χ1) is 10.1. The molecule has 0 aliphatic heterocycles. The number of alkyl halides is 3. The number of nitrogens with one attached hydrogen (secondary N) is 1. The molecule has 0 bridgehead atoms. The molecule has 0 spiro atoms. The van der Waals surface area contributed by atoms with E-state index in [4.69, 9.17) is 5.73 Å². The standard InChI is InChI=1S/C7H7F3N2O2S.C7H12/c8-7(9,10)15(13,14)12-6-3-1-2-5(11)4-6;1-3-5-7-6-4-2/h1-4,12H,11H2;3-4H,1-2,5-7H2. The highest BCUT2D eigenvalue weighted by atomic mass is 32.2. The zero-order valence-electron chi connectivity index (χ0n) is 11.9. The number of hydrogen-bond donors (Lipinski definition) is 2. The Bertz CT molecular complexity index is 576. The molecule has 0 saturated heterocycles. The largest absolute Gasteiger partial charge is 0.516 e. The minimum Gasteiger partial charge on any atom is -0.399 e. The fourth-order valence-corrected chi connectivity index (χ4v) is 1.77. The molecule has 1 aromatic carbocycles. The lowest BCUT2D eigenvalue weighted by atomic mass is 10.2. The van der Waals surface area contributed by atoms with Crippen LogP contribution < -0.4 is 10.5 Å². The van der Waals surface area contributed by atoms with Gasteiger partial charge < -0.3 is 5.73 Å². The molecular formula is C14H19F3N2O2S. The van der Waals surface area contributed by atoms with Crippen molar-refractivity contribution in [1.82, 2.24) is 0 Å². The van der Waals surface area contributed by atoms with Gasteiger partial charge in [0.05, 0.1) is 5.69 Å². The second kappa shape index (κ2) is 9.14. The zero-order chi connectivity index (χ0) is 17.2. The summed E-state index contributed by atoms with van der Waals surface area (Å²) in [4.78, 5) is 0. The first-order valence-electron chi connectivity index (χ1n) is 6.30. The van der Waals surface area contributed by atoms with E-state index in [9.17, 15) is 21.6 Å². The van der Waals surface area contributed by atoms with Gasteiger partial charge in [0.15, 0.2) is 0 Å². The Hall–Kier alpha value is -1.96. The summed E-state index contributed by atoms with van der Waals surface area (Å²) in [6.07, 6.45) is 7.30. The summed E-state index contributed by atoms with van der Waals surface area (Å²) >= 11 is 0. The quantitative estimate of drug-likeness (QED) is 0.467. The van der Waals surface area contributed by atoms with Crippen molar-refractivity contribution in [2.45, 2.75) is 24.8 Å². The van der Waals surface area contributed by atoms with Crippen molar-refractivity contribution in [1.29, 1.82) is 0 Å². The number of unbranched alkanes of at least 4 members (excludes halogenated alkanes) is 2. The van der Waals surface area contributed by atoms with Gasteiger partial charge in [-0.1, -0.05) is 18.2 Å². The Morgan fingerprint density at radius 2 is 1.73 bits per heavy atom. The lowest BCUT2D eigenvalue weighted by Gasteiger charge is -2.10. The van der Waals surface area contributed by atoms with Crippen molar-refractivity contribution in [3.8, 4) is 0 Å². The fourth-order valence-electron chi connectivity index (χ4n) is 1.22. The van der Waals surface area contributed by atoms with Gasteiger partial charge >= 0.3 is 15.5 Å². The summed E-state index contributed by atoms with van der Waals surface area (Å²) in [6, 6.07) is 5.01. The Morgan fingerprint density at radius 1 is 1.18 bits per heavy atom. The number of rotatable bonds is 6. The van der Waals surface area contributed by atoms with Crippen LogP contribution in [0.1, 0.15) is 19.3 Å². The molecule has 22 heavy (non-hydrogen) atoms. The maximum absolute atomic E-state index is 11.9. The number of nitrogens with two attached hydrogens (primary N) is 1. The van der Waals surface area contributed by atoms with E-state index < -0.39 is 15.5 Å². The van der Waals surface area contributed by atoms with E-state index in [1.807, 2.05) is 12.2 Å². The molecule has 0 aliphatic carbocycles. The SMILES string of the molecule is C=CCCCC=C.Nc1cccc(NS(=O)(=O)C(F)(F)F)c1. The first kappa shape index (κ1) is 20.0. The molecule has 0 saturated carbocycles. The molecule has 0 radical (unpaired) electrons. The molecular weight excluding hydrogens is 317 g/mol. The lowest BCUT2D eigenvalue weighted by molar-refractivity contribution is -0.0429. The van der Waals surface area contributed by atoms with E-state index >= 15 is 0 Å². The molecule has 1 aromatic rings. The number of sulfonamides is 1. The lowest BCUT2D eigenvalue weighted by Crippen LogP contribution is -2.29. The average Bonchev–Trinajstić information content (AvgIpc) is 2.38. The van der Waals surface area contributed by atoms with E-state index in [2.05, 4.69) is 13.2 Å². The van der Waals surface area contributed by atoms with Crippen LogP contribution in [0.15, 0.2) is 49.6 Å². The van der Waals surface area contributed by atoms with Gasteiger partial charge in [-0.2, -0.15) is 21.6 Å². The van der Waals surface area contributed by atoms with Gasteiger partial charge in [0.25, 0.3) is 0 Å². The molecule has 0 amide bonds. The molecule has 0 aromatic heterocycles. The molecule has 3 N–H and O–H groups in total. The third-order valence-electron chi connectivity index (χ3n) is 2.26. The number of halogens is 3. The maximum Gasteiger partial charge on any atom is 0.516 e. The van der Waals surface area contributed by atoms with E-state index in [1.165, 1.54) is 29.3 Å². The summed E-state index contributed by atoms with van der Waals surface area (Å²) in [7, 11) is -5.37. The van der Waals surface area contributed by atoms with Crippen molar-refractivity contribution in [3.63, 3.8) is 0 Å². The summed E-state index contributed by atoms with van der Waals surface area (Å²) in [5.41, 5.74) is -0.130. The van der Waals surface area contributed by atoms with Crippen LogP contribution in [0.4, 0.5) is 24.5 Å². The van der Waals surface area contributed by atoms with Crippen LogP contribution in [0.25, 0.3) is 0 Å². The van der Waals surface area contributed by atoms with E-state index in [1.54, 1.807) is 0 Å². The molecule has 4 nitrogen and oxygen atoms in total. The summed E-state index contributed by atoms with van der Waals surface area (Å²) in [6.45, 7) is 7.20. The second-order valence-electron chi connectivity index (χ2n) is 4.18. The van der Waals surface area contributed by atoms with Gasteiger partial charge in [0.2, 0.25) is 0 Å². The third kappa shape index (κ3) is 7.72. The van der Waals surface area contributed by atoms with Gasteiger partial charge in [-0.05, 0) is 37.5 Å². The van der Waals surface area contributed by atoms with Crippen molar-refractivity contribution in [2.75, 3.05) is 10.5 Å². The molecule has 1 rings (SSSR count). The van der Waals surface area contributed by atoms with Gasteiger partial charge in [0.1, 0.15) is 0 Å². The number of hydrogen-bond acceptors (Lipinski definition) is 3. The normalized spacial score (nSPS) is 11.0. The van der Waals surface area contributed by atoms with Crippen molar-refractivity contribution >= 4 is 21.4 Å². The number of nitrogen functional groups attached to an aromatic ring is 1. The highest BCUT2D eigenvalue weighted by Crippen LogP contribution is 2.25. The molecule has 8 heteroatoms. The third-order valence-corrected chi connectivity index (χ3v) is 3.37. The molecule has 0 atom stereocenters. The van der Waals surface area contributed by atoms with Gasteiger partial charge in [-0.15, -0.1) is 13.2 Å². The van der Waals surface area contributed by atoms with Crippen molar-refractivity contribution in [3.05, 3.63) is 49.6 Å². The summed E-state index contributed by atoms with van der Waals surface area (Å²) in [5.74, 6) is 0. The molecule has 124 valence electrons. The van der Waals surface area contributed by atoms with Crippen LogP contribution in [-0.4, -0.2) is 13.9 Å². The van der Waals surface area contributed by atoms with E-state index in [-0.39, 0.29) is 11.4 Å². The van der Waals surface area contributed by atoms with Crippen LogP contribution >= 0.6 is 0 Å². The summed E-state index contributed by atoms with van der Waals surface area (Å²) < 4.78 is 58.5. The van der Waals surface area contributed by atoms with Gasteiger partial charge in [-0.3, -0.25) is 4.72 Å². The Kier molecular flexibility index (Phi) is 8.32. The predicted octanol–water partition coefficient (Wildman–Crippen LogP) is 4.06. The van der Waals surface area contributed by atoms with Crippen LogP contribution in [0.2, 0.25) is 0 Å². The minimum atomic E-state index is -5.37. The average molecular weight is 336 g/mol. The summed E-state index contributed by atoms with van der Waals surface area (Å²) in [5, 5.41) is 0. The van der Waals surface area contributed by atoms with Crippen LogP contribution in [0.5, 0.6) is 0 Å². The first-order valence-corrected chi connectivity index (χ1v) is 7.78. The zero-order valence-corrected chi connectivity index (χ0v) is 12.8. The monoisotopic (exact) mass is 336 g/mol. The predicted molar refractivity (Wildman–Crippen MR) is 83.7 cm³/mol. The Labute approximate surface area is 128 Å². The molecule has 0 fully saturated rings. The van der Waals surface area contributed by atoms with E-state index in [0.29, 0.717) is 0 Å². The van der Waals surface area contributed by atoms with Crippen LogP contribution in [-0.2, 0) is 10.0 Å². The maximum atomic E-state index is 11.9. The second-order valence-corrected chi connectivity index (χ2v) is 5.86. The molecule has 0 aliphatic rings. The fraction of sp³-hybridized carbons (Fsp3) is 0.286. The van der Waals surface area contributed by atoms with Gasteiger partial charge in [0, 0.05) is 5.69 Å². The Morgan fingerprint density at radius 3 is 2.14 bits per heavy atom. The smallest absolute Gasteiger partial charge is 0.399 e. The minimum absolute atomic E-state index is 0.164. The van der Waals surface area contributed by atoms with Gasteiger partial charge in [-0.25, -0.2) is 0 Å². The number of allylic oxidation sites excluding steroid dienone is 2. The highest BCUT2D eigenvalue weighted by molar-refractivity contribution is 7.93.